The van der Waals surface area contributed by atoms with Gasteiger partial charge in [-0.3, -0.25) is 9.78 Å². The van der Waals surface area contributed by atoms with Gasteiger partial charge in [-0.1, -0.05) is 48.5 Å². The summed E-state index contributed by atoms with van der Waals surface area (Å²) in [4.78, 5) is 23.9. The third-order valence-electron chi connectivity index (χ3n) is 5.79. The van der Waals surface area contributed by atoms with Gasteiger partial charge in [0.05, 0.1) is 23.6 Å². The molecule has 1 aliphatic heterocycles. The minimum Gasteiger partial charge on any atom is -0.482 e. The van der Waals surface area contributed by atoms with E-state index in [0.717, 1.165) is 44.0 Å². The summed E-state index contributed by atoms with van der Waals surface area (Å²) in [6, 6.07) is 26.2. The number of thiazole rings is 1. The highest BCUT2D eigenvalue weighted by Crippen LogP contribution is 2.38. The highest BCUT2D eigenvalue weighted by Gasteiger charge is 2.27. The number of ether oxygens (including phenoxy) is 1. The molecular formula is C27H19N3O2S. The first-order valence-electron chi connectivity index (χ1n) is 10.7. The lowest BCUT2D eigenvalue weighted by molar-refractivity contribution is -0.121. The summed E-state index contributed by atoms with van der Waals surface area (Å²) in [5.74, 6) is 0.652. The molecule has 5 nitrogen and oxygen atoms in total. The third-order valence-corrected chi connectivity index (χ3v) is 6.66. The zero-order chi connectivity index (χ0) is 22.2. The second-order valence-electron chi connectivity index (χ2n) is 7.84. The topological polar surface area (TPSA) is 55.3 Å². The van der Waals surface area contributed by atoms with Crippen molar-refractivity contribution in [2.24, 2.45) is 0 Å². The molecule has 1 amide bonds. The summed E-state index contributed by atoms with van der Waals surface area (Å²) in [7, 11) is 0. The molecule has 160 valence electrons. The summed E-state index contributed by atoms with van der Waals surface area (Å²) in [5.41, 5.74) is 4.51. The number of pyridine rings is 1. The predicted octanol–water partition coefficient (Wildman–Crippen LogP) is 5.95. The van der Waals surface area contributed by atoms with E-state index in [9.17, 15) is 4.79 Å². The van der Waals surface area contributed by atoms with Crippen LogP contribution in [0.15, 0.2) is 90.4 Å². The van der Waals surface area contributed by atoms with Crippen LogP contribution in [-0.4, -0.2) is 22.5 Å². The number of benzene rings is 3. The lowest BCUT2D eigenvalue weighted by Gasteiger charge is -2.30. The molecule has 6 heteroatoms. The molecule has 0 atom stereocenters. The Kier molecular flexibility index (Phi) is 4.85. The number of fused-ring (bicyclic) bond motifs is 2. The predicted molar refractivity (Wildman–Crippen MR) is 131 cm³/mol. The summed E-state index contributed by atoms with van der Waals surface area (Å²) in [5, 5.41) is 5.20. The molecule has 0 spiro atoms. The van der Waals surface area contributed by atoms with Crippen molar-refractivity contribution in [1.82, 2.24) is 9.97 Å². The molecule has 2 aromatic heterocycles. The van der Waals surface area contributed by atoms with Crippen LogP contribution in [0.2, 0.25) is 0 Å². The highest BCUT2D eigenvalue weighted by atomic mass is 32.1. The van der Waals surface area contributed by atoms with Crippen molar-refractivity contribution in [2.75, 3.05) is 11.5 Å². The van der Waals surface area contributed by atoms with E-state index in [-0.39, 0.29) is 12.5 Å². The van der Waals surface area contributed by atoms with E-state index in [1.54, 1.807) is 17.5 Å². The van der Waals surface area contributed by atoms with E-state index in [1.807, 2.05) is 64.9 Å². The number of carbonyl (C=O) groups is 1. The van der Waals surface area contributed by atoms with Crippen LogP contribution in [0.5, 0.6) is 5.75 Å². The standard InChI is InChI=1S/C27H19N3O2S/c31-26-16-32-25-12-11-19(23-17-33-27(29-23)22-10-3-4-13-28-22)14-24(25)30(26)15-20-8-5-7-18-6-1-2-9-21(18)20/h1-14,17H,15-16H2. The molecule has 0 fully saturated rings. The number of hydrogen-bond donors (Lipinski definition) is 0. The Hall–Kier alpha value is -4.03. The van der Waals surface area contributed by atoms with Gasteiger partial charge in [-0.2, -0.15) is 0 Å². The molecule has 0 radical (unpaired) electrons. The number of anilines is 1. The summed E-state index contributed by atoms with van der Waals surface area (Å²) < 4.78 is 5.74. The van der Waals surface area contributed by atoms with Crippen LogP contribution in [0.1, 0.15) is 5.56 Å². The minimum atomic E-state index is -0.0555. The van der Waals surface area contributed by atoms with Crippen LogP contribution in [0.4, 0.5) is 5.69 Å². The van der Waals surface area contributed by atoms with E-state index in [4.69, 9.17) is 9.72 Å². The molecule has 0 saturated heterocycles. The normalized spacial score (nSPS) is 13.1. The molecule has 5 aromatic rings. The number of rotatable bonds is 4. The summed E-state index contributed by atoms with van der Waals surface area (Å²) in [6.07, 6.45) is 1.77. The van der Waals surface area contributed by atoms with Crippen molar-refractivity contribution in [3.63, 3.8) is 0 Å². The summed E-state index contributed by atoms with van der Waals surface area (Å²) in [6.45, 7) is 0.522. The third kappa shape index (κ3) is 3.64. The first-order valence-corrected chi connectivity index (χ1v) is 11.6. The van der Waals surface area contributed by atoms with E-state index < -0.39 is 0 Å². The van der Waals surface area contributed by atoms with Crippen molar-refractivity contribution in [2.45, 2.75) is 6.54 Å². The Labute approximate surface area is 194 Å². The van der Waals surface area contributed by atoms with Crippen LogP contribution >= 0.6 is 11.3 Å². The molecule has 33 heavy (non-hydrogen) atoms. The highest BCUT2D eigenvalue weighted by molar-refractivity contribution is 7.13. The average Bonchev–Trinajstić information content (AvgIpc) is 3.37. The van der Waals surface area contributed by atoms with Crippen molar-refractivity contribution >= 4 is 33.7 Å². The van der Waals surface area contributed by atoms with Crippen LogP contribution in [-0.2, 0) is 11.3 Å². The second kappa shape index (κ2) is 8.15. The molecule has 0 unspecified atom stereocenters. The Morgan fingerprint density at radius 3 is 2.73 bits per heavy atom. The lowest BCUT2D eigenvalue weighted by Crippen LogP contribution is -2.38. The molecule has 0 N–H and O–H groups in total. The second-order valence-corrected chi connectivity index (χ2v) is 8.70. The largest absolute Gasteiger partial charge is 0.482 e. The van der Waals surface area contributed by atoms with Gasteiger partial charge >= 0.3 is 0 Å². The van der Waals surface area contributed by atoms with Gasteiger partial charge in [0.15, 0.2) is 6.61 Å². The van der Waals surface area contributed by atoms with E-state index in [0.29, 0.717) is 12.3 Å². The van der Waals surface area contributed by atoms with Crippen LogP contribution < -0.4 is 9.64 Å². The number of amides is 1. The van der Waals surface area contributed by atoms with Gasteiger partial charge in [-0.25, -0.2) is 4.98 Å². The lowest BCUT2D eigenvalue weighted by atomic mass is 10.0. The molecule has 6 rings (SSSR count). The van der Waals surface area contributed by atoms with Gasteiger partial charge in [0.2, 0.25) is 0 Å². The molecule has 0 bridgehead atoms. The zero-order valence-corrected chi connectivity index (χ0v) is 18.5. The van der Waals surface area contributed by atoms with Gasteiger partial charge in [0.1, 0.15) is 10.8 Å². The number of nitrogens with zero attached hydrogens (tertiary/aromatic N) is 3. The smallest absolute Gasteiger partial charge is 0.265 e. The van der Waals surface area contributed by atoms with Crippen LogP contribution in [0.25, 0.3) is 32.7 Å². The van der Waals surface area contributed by atoms with Crippen molar-refractivity contribution in [3.05, 3.63) is 96.0 Å². The van der Waals surface area contributed by atoms with Gasteiger partial charge in [-0.05, 0) is 46.7 Å². The van der Waals surface area contributed by atoms with Gasteiger partial charge in [0, 0.05) is 17.1 Å². The monoisotopic (exact) mass is 449 g/mol. The first-order chi connectivity index (χ1) is 16.3. The van der Waals surface area contributed by atoms with Crippen LogP contribution in [0, 0.1) is 0 Å². The number of aromatic nitrogens is 2. The van der Waals surface area contributed by atoms with E-state index >= 15 is 0 Å². The fourth-order valence-electron chi connectivity index (χ4n) is 4.15. The molecular weight excluding hydrogens is 430 g/mol. The van der Waals surface area contributed by atoms with Crippen molar-refractivity contribution in [1.29, 1.82) is 0 Å². The quantitative estimate of drug-likeness (QED) is 0.340. The molecule has 0 aliphatic carbocycles. The molecule has 0 saturated carbocycles. The van der Waals surface area contributed by atoms with E-state index in [1.165, 1.54) is 0 Å². The SMILES string of the molecule is O=C1COc2ccc(-c3csc(-c4ccccn4)n3)cc2N1Cc1cccc2ccccc12. The fraction of sp³-hybridized carbons (Fsp3) is 0.0741. The van der Waals surface area contributed by atoms with E-state index in [2.05, 4.69) is 29.2 Å². The maximum Gasteiger partial charge on any atom is 0.265 e. The van der Waals surface area contributed by atoms with Crippen molar-refractivity contribution < 1.29 is 9.53 Å². The van der Waals surface area contributed by atoms with Gasteiger partial charge in [0.25, 0.3) is 5.91 Å². The Morgan fingerprint density at radius 2 is 1.82 bits per heavy atom. The molecule has 1 aliphatic rings. The minimum absolute atomic E-state index is 0.0393. The van der Waals surface area contributed by atoms with Crippen LogP contribution in [0.3, 0.4) is 0 Å². The fourth-order valence-corrected chi connectivity index (χ4v) is 4.95. The molecule has 3 aromatic carbocycles. The van der Waals surface area contributed by atoms with Gasteiger partial charge < -0.3 is 9.64 Å². The Morgan fingerprint density at radius 1 is 0.939 bits per heavy atom. The summed E-state index contributed by atoms with van der Waals surface area (Å²) >= 11 is 1.55. The first kappa shape index (κ1) is 19.6. The maximum atomic E-state index is 12.9. The Bertz CT molecular complexity index is 1470. The number of hydrogen-bond acceptors (Lipinski definition) is 5. The average molecular weight is 450 g/mol. The maximum absolute atomic E-state index is 12.9. The van der Waals surface area contributed by atoms with Gasteiger partial charge in [-0.15, -0.1) is 11.3 Å². The van der Waals surface area contributed by atoms with Crippen molar-refractivity contribution in [3.8, 4) is 27.7 Å². The Balaban J connectivity index is 1.38. The molecule has 3 heterocycles. The zero-order valence-electron chi connectivity index (χ0n) is 17.6. The number of carbonyl (C=O) groups excluding carboxylic acids is 1.